The summed E-state index contributed by atoms with van der Waals surface area (Å²) in [6, 6.07) is -20.7. The second-order valence-electron chi connectivity index (χ2n) is 27.4. The van der Waals surface area contributed by atoms with E-state index in [9.17, 15) is 28.8 Å². The van der Waals surface area contributed by atoms with Crippen LogP contribution in [0.15, 0.2) is 146 Å². The molecule has 6 saturated heterocycles. The minimum atomic E-state index is -3.87. The number of carbonyl (C=O) groups excluding carboxylic acids is 6. The zero-order valence-corrected chi connectivity index (χ0v) is 67.2. The van der Waals surface area contributed by atoms with Gasteiger partial charge in [-0.15, -0.1) is 0 Å². The van der Waals surface area contributed by atoms with Crippen LogP contribution in [0.5, 0.6) is 0 Å². The predicted octanol–water partition coefficient (Wildman–Crippen LogP) is 11.5. The van der Waals surface area contributed by atoms with Gasteiger partial charge in [-0.25, -0.2) is 28.8 Å². The number of alkyl carbamates (subject to hydrolysis) is 6. The zero-order valence-electron chi connectivity index (χ0n) is 139. The summed E-state index contributed by atoms with van der Waals surface area (Å²) in [5, 5.41) is 5.54. The Morgan fingerprint density at radius 3 is 0.849 bits per heavy atom. The maximum absolute atomic E-state index is 11.6. The van der Waals surface area contributed by atoms with Crippen molar-refractivity contribution in [2.24, 2.45) is 0 Å². The zero-order chi connectivity index (χ0) is 152. The Morgan fingerprint density at radius 1 is 0.310 bits per heavy atom. The predicted molar refractivity (Wildman–Crippen MR) is 495 cm³/mol. The summed E-state index contributed by atoms with van der Waals surface area (Å²) < 4.78 is 613. The first-order chi connectivity index (χ1) is 89.7. The van der Waals surface area contributed by atoms with Crippen molar-refractivity contribution in [2.75, 3.05) is 163 Å². The van der Waals surface area contributed by atoms with Crippen molar-refractivity contribution in [1.29, 1.82) is 0 Å². The van der Waals surface area contributed by atoms with Crippen LogP contribution in [-0.4, -0.2) is 295 Å². The molecule has 6 aromatic heterocycles. The number of fused-ring (bicyclic) bond motifs is 6. The maximum Gasteiger partial charge on any atom is 0.407 e. The van der Waals surface area contributed by atoms with Gasteiger partial charge in [-0.3, -0.25) is 0 Å². The smallest absolute Gasteiger partial charge is 0.407 e. The SMILES string of the molecule is [2H]c1[nH]c2c([2H])c([2H])c(C([2H])([2H])[C@H]3COC(=O)N3)c([2H])c2c1C([2H])([2H])C([2H])([2H])N(C([2H])([2H])[2H])C([2H])([2H])[2H].[2H]c1[nH]c2c([2H])c([2H])c(C([2H])([2H])[C@H]3COC(=O)N3)c([2H])c2c1C([2H])([2H])C([2H])([2H])N(C)C.[2H]c1[nH]c2c([2H])c([2H])c(C([2H])([2H])[C@H]3COC(=O)N3)c([2H])c2c1C([2H])([2H])C([2H])([2H])N(C)C([2H])([2H])[2H].[2H]c1c(C([2H])([2H])[C@H]2COC(=O)N2[2H])c([2H])c2c(CCN(C([2H])([2H])[2H])C([2H])([2H])[2H])c([2H])n([2H])c2c1[2H].[2H]c1c(C([2H])([2H])[C@H]2COC(=O)N2[2H])c([2H])c2c(CCN(C)C([2H])([2H])[2H])c([2H])n([2H])c2c1[2H].[2H]c1c(C([2H])([2H])[C@H]2COC(=O)N2[2H])c([2H])c2c(CCN(C)C)c([2H])n([2H])c2c1[2H]. The van der Waals surface area contributed by atoms with E-state index in [0.717, 1.165) is 16.8 Å². The maximum atomic E-state index is 11.6. The van der Waals surface area contributed by atoms with E-state index in [0.29, 0.717) is 38.8 Å². The molecule has 12 aromatic rings. The highest BCUT2D eigenvalue weighted by Crippen LogP contribution is 2.29. The topological polar surface area (TPSA) is 344 Å². The summed E-state index contributed by atoms with van der Waals surface area (Å²) in [6.07, 6.45) is -35.2. The molecule has 6 aromatic carbocycles. The number of cyclic esters (lactones) is 6. The Morgan fingerprint density at radius 2 is 0.571 bits per heavy atom. The molecule has 6 aliphatic rings. The highest BCUT2D eigenvalue weighted by molar-refractivity contribution is 5.88. The number of aromatic nitrogens is 6. The van der Waals surface area contributed by atoms with Gasteiger partial charge in [-0.1, -0.05) is 36.3 Å². The number of amides is 6. The summed E-state index contributed by atoms with van der Waals surface area (Å²) in [6.45, 7) is -31.6. The lowest BCUT2D eigenvalue weighted by Gasteiger charge is -2.09. The van der Waals surface area contributed by atoms with Crippen LogP contribution in [0.4, 0.5) is 28.8 Å². The molecule has 0 saturated carbocycles. The largest absolute Gasteiger partial charge is 0.447 e. The molecule has 18 rings (SSSR count). The number of rotatable bonds is 30. The molecule has 30 nitrogen and oxygen atoms in total. The van der Waals surface area contributed by atoms with Crippen LogP contribution >= 0.6 is 0 Å². The molecule has 12 heterocycles. The van der Waals surface area contributed by atoms with Crippen LogP contribution in [-0.2, 0) is 105 Å². The summed E-state index contributed by atoms with van der Waals surface area (Å²) in [4.78, 5) is 81.3. The molecule has 672 valence electrons. The van der Waals surface area contributed by atoms with E-state index in [4.69, 9.17) is 118 Å². The molecule has 6 atom stereocenters. The van der Waals surface area contributed by atoms with Gasteiger partial charge in [0.25, 0.3) is 0 Å². The van der Waals surface area contributed by atoms with Crippen molar-refractivity contribution in [3.05, 3.63) is 213 Å². The van der Waals surface area contributed by atoms with Crippen LogP contribution in [0.1, 0.15) is 157 Å². The highest BCUT2D eigenvalue weighted by atomic mass is 16.6. The van der Waals surface area contributed by atoms with Crippen molar-refractivity contribution in [2.45, 2.75) is 113 Å². The lowest BCUT2D eigenvalue weighted by atomic mass is 10.0. The Kier molecular flexibility index (Phi) is 12.9. The number of likely N-dealkylation sites (N-methyl/N-ethyl adjacent to an activating group) is 6. The molecule has 0 spiro atoms. The Hall–Kier alpha value is -12.1. The average molecular weight is 1800 g/mol. The Balaban J connectivity index is 0.000000191. The van der Waals surface area contributed by atoms with E-state index in [1.54, 1.807) is 0 Å². The quantitative estimate of drug-likeness (QED) is 0.0186. The summed E-state index contributed by atoms with van der Waals surface area (Å²) in [5.74, 6) is 0. The molecular formula is C96H126N18O12. The minimum Gasteiger partial charge on any atom is -0.447 e. The van der Waals surface area contributed by atoms with Crippen LogP contribution in [0.3, 0.4) is 0 Å². The fourth-order valence-corrected chi connectivity index (χ4v) is 11.5. The van der Waals surface area contributed by atoms with Gasteiger partial charge in [0.15, 0.2) is 8.47 Å². The van der Waals surface area contributed by atoms with Gasteiger partial charge in [0.05, 0.1) is 69.1 Å². The van der Waals surface area contributed by atoms with Gasteiger partial charge in [0, 0.05) is 199 Å². The summed E-state index contributed by atoms with van der Waals surface area (Å²) in [5.41, 5.74) is -7.80. The van der Waals surface area contributed by atoms with Gasteiger partial charge in [0.1, 0.15) is 39.6 Å². The van der Waals surface area contributed by atoms with E-state index < -0.39 is 448 Å². The molecule has 6 amide bonds. The first kappa shape index (κ1) is 37.1. The molecule has 30 heteroatoms. The van der Waals surface area contributed by atoms with Crippen LogP contribution < -0.4 is 31.9 Å². The number of benzene rings is 6. The fraction of sp³-hybridized carbons (Fsp3) is 0.438. The van der Waals surface area contributed by atoms with Crippen molar-refractivity contribution in [3.8, 4) is 0 Å². The fourth-order valence-electron chi connectivity index (χ4n) is 11.5. The second kappa shape index (κ2) is 43.7. The van der Waals surface area contributed by atoms with Crippen molar-refractivity contribution in [1.82, 2.24) is 91.2 Å². The standard InChI is InChI=1S/6C16H21N3O2/c6*1-19(2)6-5-12-9-17-15-4-3-11(8-14(12)15)7-13-10-21-16(20)18-13/h6*3-4,8-9,13,17H,5-7,10H2,1-2H3,(H,18,20)/t6*13-/m000000/s1/i1D3,2D3,3D,4D,5D2,6D2,7D2,8D,9D;1D3,3D,4D,5D2,6D2,7D2,8D,9D;3D,4D,5D2,6D2,7D2,8D,9D;1D3,2D3,3D,4D,7D2,8D,9D;1D3,3D,4D,7D2,8D,9D;3D,4D,7D2,8D,9D/hD6. The monoisotopic (exact) mass is 1800 g/mol. The number of nitrogens with one attached hydrogen (secondary N) is 12. The number of aryl methyl sites for hydroxylation is 3. The van der Waals surface area contributed by atoms with E-state index >= 15 is 0 Å². The lowest BCUT2D eigenvalue weighted by molar-refractivity contribution is 0.176. The van der Waals surface area contributed by atoms with Gasteiger partial charge in [0.2, 0.25) is 0 Å². The lowest BCUT2D eigenvalue weighted by Crippen LogP contribution is -2.28. The Labute approximate surface area is 838 Å². The van der Waals surface area contributed by atoms with Gasteiger partial charge in [-0.2, -0.15) is 0 Å². The number of ether oxygens (including phenoxy) is 6. The van der Waals surface area contributed by atoms with E-state index in [2.05, 4.69) is 40.4 Å². The van der Waals surface area contributed by atoms with E-state index in [-0.39, 0.29) is 106 Å². The van der Waals surface area contributed by atoms with Crippen molar-refractivity contribution in [3.63, 3.8) is 0 Å². The number of nitrogens with zero attached hydrogens (tertiary/aromatic N) is 6. The molecule has 6 fully saturated rings. The number of hydrogen-bond acceptors (Lipinski definition) is 18. The first-order valence-corrected chi connectivity index (χ1v) is 37.5. The normalized spacial score (nSPS) is 28.7. The van der Waals surface area contributed by atoms with Gasteiger partial charge >= 0.3 is 36.6 Å². The van der Waals surface area contributed by atoms with Crippen LogP contribution in [0.2, 0.25) is 8.47 Å². The third-order valence-electron chi connectivity index (χ3n) is 17.2. The summed E-state index contributed by atoms with van der Waals surface area (Å²) in [7, 11) is 8.44. The van der Waals surface area contributed by atoms with Crippen molar-refractivity contribution >= 4 is 102 Å². The number of H-pyrrole nitrogens is 6. The minimum absolute atomic E-state index is 0.0649. The third-order valence-corrected chi connectivity index (χ3v) is 17.2. The third kappa shape index (κ3) is 26.5. The molecule has 12 N–H and O–H groups in total. The van der Waals surface area contributed by atoms with E-state index in [1.807, 2.05) is 19.0 Å². The first-order valence-electron chi connectivity index (χ1n) is 73.2. The summed E-state index contributed by atoms with van der Waals surface area (Å²) >= 11 is 0. The molecule has 0 unspecified atom stereocenters. The highest BCUT2D eigenvalue weighted by Gasteiger charge is 2.29. The molecule has 0 bridgehead atoms. The molecular weight excluding hydrogens is 1600 g/mol. The van der Waals surface area contributed by atoms with Gasteiger partial charge in [-0.05, 0) is 300 Å². The molecule has 0 aliphatic carbocycles. The van der Waals surface area contributed by atoms with Crippen molar-refractivity contribution < 1.29 is 156 Å². The second-order valence-corrected chi connectivity index (χ2v) is 27.4. The van der Waals surface area contributed by atoms with Crippen LogP contribution in [0, 0.1) is 0 Å². The number of hydrogen-bond donors (Lipinski definition) is 12. The Bertz CT molecular complexity index is 9400. The van der Waals surface area contributed by atoms with Gasteiger partial charge < -0.3 is 120 Å². The number of aromatic amines is 6. The molecule has 126 heavy (non-hydrogen) atoms. The molecule has 6 aliphatic heterocycles. The number of carbonyl (C=O) groups is 6. The molecule has 0 radical (unpaired) electrons. The van der Waals surface area contributed by atoms with E-state index in [1.165, 1.54) is 21.1 Å². The van der Waals surface area contributed by atoms with Crippen LogP contribution in [0.25, 0.3) is 65.4 Å². The average Bonchev–Trinajstić information content (AvgIpc) is 1.43.